The highest BCUT2D eigenvalue weighted by Crippen LogP contribution is 2.35. The summed E-state index contributed by atoms with van der Waals surface area (Å²) >= 11 is 0. The van der Waals surface area contributed by atoms with Crippen LogP contribution in [0.4, 0.5) is 5.82 Å². The first-order valence-corrected chi connectivity index (χ1v) is 14.1. The largest absolute Gasteiger partial charge is 0.478 e. The second-order valence-electron chi connectivity index (χ2n) is 10.9. The summed E-state index contributed by atoms with van der Waals surface area (Å²) in [6.45, 7) is 5.68. The highest BCUT2D eigenvalue weighted by atomic mass is 16.5. The van der Waals surface area contributed by atoms with Crippen molar-refractivity contribution in [3.8, 4) is 5.88 Å². The van der Waals surface area contributed by atoms with Crippen molar-refractivity contribution in [2.24, 2.45) is 0 Å². The number of piperazine rings is 1. The van der Waals surface area contributed by atoms with E-state index in [4.69, 9.17) is 19.4 Å². The van der Waals surface area contributed by atoms with Crippen molar-refractivity contribution in [1.29, 1.82) is 0 Å². The van der Waals surface area contributed by atoms with Gasteiger partial charge >= 0.3 is 5.97 Å². The number of hydrogen-bond acceptors (Lipinski definition) is 7. The van der Waals surface area contributed by atoms with Crippen molar-refractivity contribution in [1.82, 2.24) is 19.4 Å². The number of benzene rings is 2. The summed E-state index contributed by atoms with van der Waals surface area (Å²) < 4.78 is 14.2. The maximum Gasteiger partial charge on any atom is 0.335 e. The van der Waals surface area contributed by atoms with Gasteiger partial charge in [0, 0.05) is 38.3 Å². The smallest absolute Gasteiger partial charge is 0.335 e. The summed E-state index contributed by atoms with van der Waals surface area (Å²) in [6, 6.07) is 19.9. The predicted octanol–water partition coefficient (Wildman–Crippen LogP) is 4.31. The molecule has 40 heavy (non-hydrogen) atoms. The zero-order valence-electron chi connectivity index (χ0n) is 22.4. The molecule has 2 aromatic carbocycles. The molecule has 7 rings (SSSR count). The highest BCUT2D eigenvalue weighted by Gasteiger charge is 2.27. The minimum atomic E-state index is -0.927. The molecule has 2 aromatic heterocycles. The Morgan fingerprint density at radius 2 is 1.80 bits per heavy atom. The molecule has 2 atom stereocenters. The molecule has 3 aliphatic rings. The Hall–Kier alpha value is -3.95. The first-order chi connectivity index (χ1) is 19.6. The Morgan fingerprint density at radius 3 is 2.55 bits per heavy atom. The molecule has 0 radical (unpaired) electrons. The molecule has 9 nitrogen and oxygen atoms in total. The third-order valence-electron chi connectivity index (χ3n) is 8.34. The molecule has 4 aromatic rings. The van der Waals surface area contributed by atoms with E-state index in [-0.39, 0.29) is 17.8 Å². The predicted molar refractivity (Wildman–Crippen MR) is 151 cm³/mol. The molecule has 206 valence electrons. The summed E-state index contributed by atoms with van der Waals surface area (Å²) in [4.78, 5) is 26.2. The van der Waals surface area contributed by atoms with E-state index in [9.17, 15) is 9.90 Å². The van der Waals surface area contributed by atoms with Crippen molar-refractivity contribution < 1.29 is 19.4 Å². The fourth-order valence-corrected chi connectivity index (χ4v) is 5.91. The van der Waals surface area contributed by atoms with Gasteiger partial charge in [0.25, 0.3) is 0 Å². The summed E-state index contributed by atoms with van der Waals surface area (Å²) in [5, 5.41) is 9.51. The van der Waals surface area contributed by atoms with Gasteiger partial charge in [-0.15, -0.1) is 0 Å². The number of nitrogens with zero attached hydrogens (tertiary/aromatic N) is 5. The molecule has 9 heteroatoms. The highest BCUT2D eigenvalue weighted by molar-refractivity contribution is 5.92. The van der Waals surface area contributed by atoms with Crippen LogP contribution in [-0.4, -0.2) is 69.4 Å². The van der Waals surface area contributed by atoms with Crippen LogP contribution in [0.15, 0.2) is 60.7 Å². The van der Waals surface area contributed by atoms with Crippen LogP contribution in [0.2, 0.25) is 0 Å². The molecular formula is C31H33N5O4. The number of imidazole rings is 1. The average molecular weight is 540 g/mol. The van der Waals surface area contributed by atoms with Gasteiger partial charge in [-0.05, 0) is 55.2 Å². The number of aromatic nitrogens is 3. The molecule has 0 bridgehead atoms. The SMILES string of the molecule is O=C(O)c1ccc2nc(CN3CCN(c4ccc5c(n4)OC(c4ccccc4)CC5)CC3)n(C[C@@H]3CCO3)c2c1. The molecule has 3 aliphatic heterocycles. The fourth-order valence-electron chi connectivity index (χ4n) is 5.91. The molecule has 0 amide bonds. The zero-order valence-corrected chi connectivity index (χ0v) is 22.4. The lowest BCUT2D eigenvalue weighted by molar-refractivity contribution is -0.0592. The van der Waals surface area contributed by atoms with Gasteiger partial charge < -0.3 is 24.0 Å². The zero-order chi connectivity index (χ0) is 27.1. The van der Waals surface area contributed by atoms with Crippen molar-refractivity contribution in [2.45, 2.75) is 44.6 Å². The minimum absolute atomic E-state index is 0.0458. The molecule has 2 saturated heterocycles. The average Bonchev–Trinajstić information content (AvgIpc) is 3.31. The van der Waals surface area contributed by atoms with Crippen LogP contribution in [0.5, 0.6) is 5.88 Å². The Labute approximate surface area is 233 Å². The van der Waals surface area contributed by atoms with E-state index >= 15 is 0 Å². The number of fused-ring (bicyclic) bond motifs is 2. The topological polar surface area (TPSA) is 93.0 Å². The van der Waals surface area contributed by atoms with Crippen LogP contribution >= 0.6 is 0 Å². The van der Waals surface area contributed by atoms with Gasteiger partial charge in [0.2, 0.25) is 5.88 Å². The van der Waals surface area contributed by atoms with Gasteiger partial charge in [-0.1, -0.05) is 30.3 Å². The van der Waals surface area contributed by atoms with Crippen molar-refractivity contribution in [2.75, 3.05) is 37.7 Å². The van der Waals surface area contributed by atoms with Gasteiger partial charge in [0.1, 0.15) is 17.7 Å². The normalized spacial score (nSPS) is 21.1. The fraction of sp³-hybridized carbons (Fsp3) is 0.387. The molecule has 1 N–H and O–H groups in total. The van der Waals surface area contributed by atoms with E-state index in [2.05, 4.69) is 50.8 Å². The molecule has 2 fully saturated rings. The van der Waals surface area contributed by atoms with E-state index < -0.39 is 5.97 Å². The second-order valence-corrected chi connectivity index (χ2v) is 10.9. The van der Waals surface area contributed by atoms with Crippen LogP contribution in [0.1, 0.15) is 46.3 Å². The summed E-state index contributed by atoms with van der Waals surface area (Å²) in [7, 11) is 0. The van der Waals surface area contributed by atoms with Gasteiger partial charge in [0.05, 0.1) is 35.8 Å². The number of aryl methyl sites for hydroxylation is 1. The van der Waals surface area contributed by atoms with E-state index in [0.717, 1.165) is 80.6 Å². The Morgan fingerprint density at radius 1 is 0.975 bits per heavy atom. The van der Waals surface area contributed by atoms with Crippen LogP contribution in [-0.2, 0) is 24.2 Å². The maximum absolute atomic E-state index is 11.6. The van der Waals surface area contributed by atoms with Crippen molar-refractivity contribution in [3.63, 3.8) is 0 Å². The molecular weight excluding hydrogens is 506 g/mol. The van der Waals surface area contributed by atoms with Gasteiger partial charge in [-0.25, -0.2) is 9.78 Å². The number of aromatic carboxylic acids is 1. The summed E-state index contributed by atoms with van der Waals surface area (Å²) in [5.74, 6) is 1.74. The second kappa shape index (κ2) is 10.6. The van der Waals surface area contributed by atoms with Crippen molar-refractivity contribution in [3.05, 3.63) is 83.2 Å². The minimum Gasteiger partial charge on any atom is -0.478 e. The first-order valence-electron chi connectivity index (χ1n) is 14.1. The maximum atomic E-state index is 11.6. The number of ether oxygens (including phenoxy) is 2. The number of carbonyl (C=O) groups is 1. The van der Waals surface area contributed by atoms with Gasteiger partial charge in [0.15, 0.2) is 0 Å². The number of carboxylic acid groups (broad SMARTS) is 1. The lowest BCUT2D eigenvalue weighted by Gasteiger charge is -2.36. The quantitative estimate of drug-likeness (QED) is 0.372. The Balaban J connectivity index is 1.04. The summed E-state index contributed by atoms with van der Waals surface area (Å²) in [5.41, 5.74) is 4.33. The van der Waals surface area contributed by atoms with Crippen LogP contribution < -0.4 is 9.64 Å². The van der Waals surface area contributed by atoms with Crippen molar-refractivity contribution >= 4 is 22.8 Å². The number of carboxylic acids is 1. The van der Waals surface area contributed by atoms with E-state index in [0.29, 0.717) is 13.1 Å². The van der Waals surface area contributed by atoms with E-state index in [1.807, 2.05) is 12.1 Å². The van der Waals surface area contributed by atoms with Crippen LogP contribution in [0.3, 0.4) is 0 Å². The third-order valence-corrected chi connectivity index (χ3v) is 8.34. The van der Waals surface area contributed by atoms with E-state index in [1.54, 1.807) is 12.1 Å². The van der Waals surface area contributed by atoms with Gasteiger partial charge in [-0.3, -0.25) is 4.90 Å². The number of anilines is 1. The monoisotopic (exact) mass is 539 g/mol. The van der Waals surface area contributed by atoms with Gasteiger partial charge in [-0.2, -0.15) is 4.98 Å². The summed E-state index contributed by atoms with van der Waals surface area (Å²) in [6.07, 6.45) is 3.15. The van der Waals surface area contributed by atoms with E-state index in [1.165, 1.54) is 11.1 Å². The standard InChI is InChI=1S/C31H33N5O4/c37-31(38)23-6-9-25-26(18-23)36(19-24-12-17-39-24)29(32-25)20-34-13-15-35(16-14-34)28-11-8-22-7-10-27(40-30(22)33-28)21-4-2-1-3-5-21/h1-6,8-9,11,18,24,27H,7,10,12-17,19-20H2,(H,37,38)/t24-,27?/m0/s1. The number of pyridine rings is 1. The lowest BCUT2D eigenvalue weighted by Crippen LogP contribution is -2.46. The van der Waals surface area contributed by atoms with Crippen LogP contribution in [0.25, 0.3) is 11.0 Å². The Kier molecular flexibility index (Phi) is 6.61. The first kappa shape index (κ1) is 25.0. The number of hydrogen-bond donors (Lipinski definition) is 1. The van der Waals surface area contributed by atoms with Crippen LogP contribution in [0, 0.1) is 0 Å². The number of rotatable bonds is 7. The molecule has 0 saturated carbocycles. The molecule has 1 unspecified atom stereocenters. The molecule has 0 aliphatic carbocycles. The Bertz CT molecular complexity index is 1530. The lowest BCUT2D eigenvalue weighted by atomic mass is 9.99. The molecule has 5 heterocycles. The molecule has 0 spiro atoms. The third kappa shape index (κ3) is 4.91.